The number of hydrogen-bond donors (Lipinski definition) is 1. The Balaban J connectivity index is 1.75. The van der Waals surface area contributed by atoms with Crippen molar-refractivity contribution in [1.29, 1.82) is 0 Å². The summed E-state index contributed by atoms with van der Waals surface area (Å²) in [5, 5.41) is 3.10. The average Bonchev–Trinajstić information content (AvgIpc) is 2.89. The number of hydrogen-bond acceptors (Lipinski definition) is 3. The first-order chi connectivity index (χ1) is 10.2. The summed E-state index contributed by atoms with van der Waals surface area (Å²) in [5.74, 6) is 0.406. The molecule has 4 nitrogen and oxygen atoms in total. The number of rotatable bonds is 3. The number of aryl methyl sites for hydroxylation is 1. The normalized spacial score (nSPS) is 13.8. The van der Waals surface area contributed by atoms with Gasteiger partial charge >= 0.3 is 0 Å². The molecule has 1 heterocycles. The van der Waals surface area contributed by atoms with Crippen molar-refractivity contribution in [3.05, 3.63) is 58.9 Å². The lowest BCUT2D eigenvalue weighted by atomic mass is 10.1. The molecule has 1 aliphatic carbocycles. The van der Waals surface area contributed by atoms with Crippen molar-refractivity contribution >= 4 is 5.91 Å². The predicted molar refractivity (Wildman–Crippen MR) is 80.6 cm³/mol. The molecule has 1 N–H and O–H groups in total. The minimum Gasteiger partial charge on any atom is -0.494 e. The number of nitrogens with zero attached hydrogens (tertiary/aromatic N) is 1. The highest BCUT2D eigenvalue weighted by atomic mass is 16.5. The van der Waals surface area contributed by atoms with Crippen LogP contribution in [0.15, 0.2) is 36.5 Å². The first kappa shape index (κ1) is 13.6. The summed E-state index contributed by atoms with van der Waals surface area (Å²) in [6.07, 6.45) is 3.36. The Morgan fingerprint density at radius 2 is 1.95 bits per heavy atom. The molecule has 0 atom stereocenters. The smallest absolute Gasteiger partial charge is 0.255 e. The summed E-state index contributed by atoms with van der Waals surface area (Å²) >= 11 is 0. The van der Waals surface area contributed by atoms with Gasteiger partial charge in [-0.3, -0.25) is 9.78 Å². The Labute approximate surface area is 124 Å². The zero-order chi connectivity index (χ0) is 14.8. The quantitative estimate of drug-likeness (QED) is 0.939. The third kappa shape index (κ3) is 2.75. The van der Waals surface area contributed by atoms with Gasteiger partial charge in [0.25, 0.3) is 5.91 Å². The third-order valence-corrected chi connectivity index (χ3v) is 3.85. The van der Waals surface area contributed by atoms with Crippen molar-refractivity contribution in [3.63, 3.8) is 0 Å². The van der Waals surface area contributed by atoms with Crippen molar-refractivity contribution in [2.75, 3.05) is 7.11 Å². The molecule has 4 heteroatoms. The van der Waals surface area contributed by atoms with Crippen LogP contribution in [-0.2, 0) is 12.8 Å². The third-order valence-electron chi connectivity index (χ3n) is 3.85. The lowest BCUT2D eigenvalue weighted by Gasteiger charge is -2.14. The van der Waals surface area contributed by atoms with E-state index in [9.17, 15) is 4.79 Å². The monoisotopic (exact) mass is 282 g/mol. The van der Waals surface area contributed by atoms with Gasteiger partial charge in [-0.25, -0.2) is 0 Å². The van der Waals surface area contributed by atoms with E-state index in [1.54, 1.807) is 19.4 Å². The maximum Gasteiger partial charge on any atom is 0.255 e. The van der Waals surface area contributed by atoms with Crippen LogP contribution in [-0.4, -0.2) is 24.0 Å². The van der Waals surface area contributed by atoms with Gasteiger partial charge in [-0.05, 0) is 37.0 Å². The van der Waals surface area contributed by atoms with E-state index in [2.05, 4.69) is 22.4 Å². The minimum absolute atomic E-state index is 0.102. The van der Waals surface area contributed by atoms with E-state index in [1.807, 2.05) is 19.1 Å². The molecule has 1 aliphatic rings. The molecular formula is C17H18N2O2. The van der Waals surface area contributed by atoms with Gasteiger partial charge in [0.05, 0.1) is 18.9 Å². The molecule has 0 radical (unpaired) electrons. The fourth-order valence-corrected chi connectivity index (χ4v) is 2.81. The molecule has 1 aromatic carbocycles. The number of methoxy groups -OCH3 is 1. The summed E-state index contributed by atoms with van der Waals surface area (Å²) in [4.78, 5) is 16.6. The maximum absolute atomic E-state index is 12.5. The molecule has 0 saturated carbocycles. The van der Waals surface area contributed by atoms with Gasteiger partial charge in [0.2, 0.25) is 0 Å². The molecular weight excluding hydrogens is 264 g/mol. The Bertz CT molecular complexity index is 657. The summed E-state index contributed by atoms with van der Waals surface area (Å²) in [5.41, 5.74) is 3.98. The molecule has 2 aromatic rings. The molecule has 1 amide bonds. The number of amides is 1. The van der Waals surface area contributed by atoms with Gasteiger partial charge in [-0.2, -0.15) is 0 Å². The molecule has 108 valence electrons. The number of carbonyl (C=O) groups excluding carboxylic acids is 1. The molecule has 21 heavy (non-hydrogen) atoms. The summed E-state index contributed by atoms with van der Waals surface area (Å²) in [7, 11) is 1.55. The summed E-state index contributed by atoms with van der Waals surface area (Å²) in [6, 6.07) is 10.2. The Hall–Kier alpha value is -2.36. The van der Waals surface area contributed by atoms with Crippen molar-refractivity contribution in [2.24, 2.45) is 0 Å². The number of nitrogens with one attached hydrogen (secondary N) is 1. The van der Waals surface area contributed by atoms with Gasteiger partial charge in [0.15, 0.2) is 0 Å². The molecule has 1 aromatic heterocycles. The average molecular weight is 282 g/mol. The number of benzene rings is 1. The standard InChI is InChI=1S/C17H18N2O2/c1-11-7-15(16(21-2)10-18-11)17(20)19-14-8-12-5-3-4-6-13(12)9-14/h3-7,10,14H,8-9H2,1-2H3,(H,19,20). The lowest BCUT2D eigenvalue weighted by Crippen LogP contribution is -2.35. The number of aromatic nitrogens is 1. The van der Waals surface area contributed by atoms with E-state index >= 15 is 0 Å². The van der Waals surface area contributed by atoms with Crippen LogP contribution < -0.4 is 10.1 Å². The largest absolute Gasteiger partial charge is 0.494 e. The molecule has 0 spiro atoms. The zero-order valence-corrected chi connectivity index (χ0v) is 12.2. The zero-order valence-electron chi connectivity index (χ0n) is 12.2. The Kier molecular flexibility index (Phi) is 3.60. The van der Waals surface area contributed by atoms with E-state index in [4.69, 9.17) is 4.74 Å². The SMILES string of the molecule is COc1cnc(C)cc1C(=O)NC1Cc2ccccc2C1. The van der Waals surface area contributed by atoms with E-state index < -0.39 is 0 Å². The number of pyridine rings is 1. The van der Waals surface area contributed by atoms with Crippen LogP contribution in [0.2, 0.25) is 0 Å². The van der Waals surface area contributed by atoms with Crippen LogP contribution in [0.1, 0.15) is 27.2 Å². The molecule has 3 rings (SSSR count). The highest BCUT2D eigenvalue weighted by Gasteiger charge is 2.24. The number of fused-ring (bicyclic) bond motifs is 1. The van der Waals surface area contributed by atoms with Crippen LogP contribution in [0, 0.1) is 6.92 Å². The fourth-order valence-electron chi connectivity index (χ4n) is 2.81. The van der Waals surface area contributed by atoms with Crippen LogP contribution in [0.3, 0.4) is 0 Å². The van der Waals surface area contributed by atoms with Crippen LogP contribution in [0.4, 0.5) is 0 Å². The second-order valence-electron chi connectivity index (χ2n) is 5.37. The van der Waals surface area contributed by atoms with Gasteiger partial charge < -0.3 is 10.1 Å². The van der Waals surface area contributed by atoms with E-state index in [0.717, 1.165) is 18.5 Å². The van der Waals surface area contributed by atoms with Crippen LogP contribution >= 0.6 is 0 Å². The minimum atomic E-state index is -0.102. The molecule has 0 aliphatic heterocycles. The van der Waals surface area contributed by atoms with Gasteiger partial charge in [0.1, 0.15) is 5.75 Å². The number of ether oxygens (including phenoxy) is 1. The Morgan fingerprint density at radius 1 is 1.29 bits per heavy atom. The van der Waals surface area contributed by atoms with E-state index in [-0.39, 0.29) is 11.9 Å². The van der Waals surface area contributed by atoms with Crippen LogP contribution in [0.5, 0.6) is 5.75 Å². The lowest BCUT2D eigenvalue weighted by molar-refractivity contribution is 0.0935. The topological polar surface area (TPSA) is 51.2 Å². The molecule has 0 unspecified atom stereocenters. The molecule has 0 saturated heterocycles. The summed E-state index contributed by atoms with van der Waals surface area (Å²) in [6.45, 7) is 1.86. The highest BCUT2D eigenvalue weighted by Crippen LogP contribution is 2.23. The van der Waals surface area contributed by atoms with E-state index in [1.165, 1.54) is 11.1 Å². The first-order valence-electron chi connectivity index (χ1n) is 7.05. The second-order valence-corrected chi connectivity index (χ2v) is 5.37. The fraction of sp³-hybridized carbons (Fsp3) is 0.294. The van der Waals surface area contributed by atoms with Gasteiger partial charge in [0, 0.05) is 11.7 Å². The Morgan fingerprint density at radius 3 is 2.57 bits per heavy atom. The number of carbonyl (C=O) groups is 1. The second kappa shape index (κ2) is 5.56. The first-order valence-corrected chi connectivity index (χ1v) is 7.05. The van der Waals surface area contributed by atoms with Crippen molar-refractivity contribution in [1.82, 2.24) is 10.3 Å². The molecule has 0 fully saturated rings. The summed E-state index contributed by atoms with van der Waals surface area (Å²) < 4.78 is 5.22. The maximum atomic E-state index is 12.5. The van der Waals surface area contributed by atoms with Gasteiger partial charge in [-0.1, -0.05) is 24.3 Å². The highest BCUT2D eigenvalue weighted by molar-refractivity contribution is 5.97. The molecule has 0 bridgehead atoms. The van der Waals surface area contributed by atoms with Crippen molar-refractivity contribution in [3.8, 4) is 5.75 Å². The van der Waals surface area contributed by atoms with Crippen LogP contribution in [0.25, 0.3) is 0 Å². The van der Waals surface area contributed by atoms with Crippen molar-refractivity contribution in [2.45, 2.75) is 25.8 Å². The van der Waals surface area contributed by atoms with Crippen molar-refractivity contribution < 1.29 is 9.53 Å². The predicted octanol–water partition coefficient (Wildman–Crippen LogP) is 2.30. The van der Waals surface area contributed by atoms with Gasteiger partial charge in [-0.15, -0.1) is 0 Å². The van der Waals surface area contributed by atoms with E-state index in [0.29, 0.717) is 11.3 Å².